The van der Waals surface area contributed by atoms with E-state index in [1.807, 2.05) is 51.1 Å². The second-order valence-corrected chi connectivity index (χ2v) is 13.1. The van der Waals surface area contributed by atoms with Gasteiger partial charge in [-0.05, 0) is 75.3 Å². The molecule has 3 atom stereocenters. The van der Waals surface area contributed by atoms with E-state index in [4.69, 9.17) is 15.2 Å². The Labute approximate surface area is 253 Å². The molecule has 11 heteroatoms. The fourth-order valence-corrected chi connectivity index (χ4v) is 6.59. The van der Waals surface area contributed by atoms with Crippen LogP contribution in [-0.2, 0) is 24.3 Å². The van der Waals surface area contributed by atoms with Gasteiger partial charge in [-0.2, -0.15) is 0 Å². The summed E-state index contributed by atoms with van der Waals surface area (Å²) in [5.41, 5.74) is 7.45. The topological polar surface area (TPSA) is 150 Å². The zero-order valence-electron chi connectivity index (χ0n) is 25.2. The van der Waals surface area contributed by atoms with Crippen molar-refractivity contribution in [3.05, 3.63) is 66.2 Å². The molecule has 1 amide bonds. The van der Waals surface area contributed by atoms with Gasteiger partial charge < -0.3 is 20.5 Å². The maximum Gasteiger partial charge on any atom is 0.323 e. The van der Waals surface area contributed by atoms with E-state index in [1.165, 1.54) is 6.07 Å². The lowest BCUT2D eigenvalue weighted by atomic mass is 9.85. The molecule has 232 valence electrons. The highest BCUT2D eigenvalue weighted by Crippen LogP contribution is 2.29. The lowest BCUT2D eigenvalue weighted by Crippen LogP contribution is -2.45. The molecule has 43 heavy (non-hydrogen) atoms. The van der Waals surface area contributed by atoms with E-state index in [9.17, 15) is 18.0 Å². The van der Waals surface area contributed by atoms with Crippen LogP contribution < -0.4 is 20.5 Å². The van der Waals surface area contributed by atoms with Crippen molar-refractivity contribution in [1.29, 1.82) is 0 Å². The molecule has 2 aromatic carbocycles. The third-order valence-corrected chi connectivity index (χ3v) is 9.39. The minimum absolute atomic E-state index is 0.0795. The number of ether oxygens (including phenoxy) is 2. The van der Waals surface area contributed by atoms with Crippen LogP contribution >= 0.6 is 0 Å². The minimum atomic E-state index is -3.77. The highest BCUT2D eigenvalue weighted by atomic mass is 32.2. The predicted molar refractivity (Wildman–Crippen MR) is 165 cm³/mol. The number of benzene rings is 2. The number of nitrogens with two attached hydrogens (primary N) is 1. The molecular weight excluding hydrogens is 568 g/mol. The van der Waals surface area contributed by atoms with E-state index < -0.39 is 34.2 Å². The molecule has 0 unspecified atom stereocenters. The summed E-state index contributed by atoms with van der Waals surface area (Å²) in [6, 6.07) is 16.1. The lowest BCUT2D eigenvalue weighted by molar-refractivity contribution is -0.153. The van der Waals surface area contributed by atoms with Crippen LogP contribution in [0.4, 0.5) is 0 Å². The van der Waals surface area contributed by atoms with Gasteiger partial charge in [0, 0.05) is 23.4 Å². The van der Waals surface area contributed by atoms with Crippen molar-refractivity contribution in [3.8, 4) is 5.88 Å². The second-order valence-electron chi connectivity index (χ2n) is 11.4. The number of esters is 1. The van der Waals surface area contributed by atoms with Crippen molar-refractivity contribution in [2.24, 2.45) is 17.6 Å². The van der Waals surface area contributed by atoms with Gasteiger partial charge in [-0.15, -0.1) is 0 Å². The molecule has 10 nitrogen and oxygen atoms in total. The monoisotopic (exact) mass is 610 g/mol. The first kappa shape index (κ1) is 32.4. The van der Waals surface area contributed by atoms with Gasteiger partial charge in [0.2, 0.25) is 21.8 Å². The standard InChI is InChI=1S/C32H42N4O6S/c1-5-41-28-18-13-24-19-26(16-17-27(24)34-28)43(39,40)36-25-14-11-23(12-15-25)31(37)35-30(22-9-7-6-8-10-22)21(4)42-32(38)29(33)20(2)3/h6-10,13,16-21,23,25,29-30,36H,5,11-12,14-15,33H2,1-4H3,(H,35,37)/t21-,23-,25-,29-,30+/m0/s1. The highest BCUT2D eigenvalue weighted by molar-refractivity contribution is 7.89. The quantitative estimate of drug-likeness (QED) is 0.258. The van der Waals surface area contributed by atoms with Gasteiger partial charge in [0.15, 0.2) is 0 Å². The number of sulfonamides is 1. The zero-order valence-corrected chi connectivity index (χ0v) is 26.0. The van der Waals surface area contributed by atoms with Crippen LogP contribution in [0.15, 0.2) is 65.6 Å². The number of fused-ring (bicyclic) bond motifs is 1. The summed E-state index contributed by atoms with van der Waals surface area (Å²) in [5.74, 6) is -0.545. The van der Waals surface area contributed by atoms with Crippen LogP contribution in [0, 0.1) is 11.8 Å². The smallest absolute Gasteiger partial charge is 0.323 e. The summed E-state index contributed by atoms with van der Waals surface area (Å²) < 4.78 is 40.3. The van der Waals surface area contributed by atoms with Crippen molar-refractivity contribution in [2.45, 2.75) is 82.5 Å². The molecule has 1 fully saturated rings. The zero-order chi connectivity index (χ0) is 31.1. The van der Waals surface area contributed by atoms with Gasteiger partial charge in [0.1, 0.15) is 12.1 Å². The third-order valence-electron chi connectivity index (χ3n) is 7.88. The van der Waals surface area contributed by atoms with Crippen molar-refractivity contribution < 1.29 is 27.5 Å². The molecule has 0 bridgehead atoms. The Morgan fingerprint density at radius 2 is 1.70 bits per heavy atom. The normalized spacial score (nSPS) is 19.4. The Morgan fingerprint density at radius 3 is 2.35 bits per heavy atom. The average molecular weight is 611 g/mol. The number of amides is 1. The van der Waals surface area contributed by atoms with Gasteiger partial charge in [-0.25, -0.2) is 18.1 Å². The second kappa shape index (κ2) is 14.3. The number of hydrogen-bond acceptors (Lipinski definition) is 8. The number of aromatic nitrogens is 1. The Balaban J connectivity index is 1.37. The van der Waals surface area contributed by atoms with E-state index in [1.54, 1.807) is 31.2 Å². The van der Waals surface area contributed by atoms with Crippen molar-refractivity contribution in [3.63, 3.8) is 0 Å². The fraction of sp³-hybridized carbons (Fsp3) is 0.469. The van der Waals surface area contributed by atoms with Crippen LogP contribution in [0.5, 0.6) is 5.88 Å². The molecule has 3 aromatic rings. The number of rotatable bonds is 12. The Bertz CT molecular complexity index is 1510. The highest BCUT2D eigenvalue weighted by Gasteiger charge is 2.33. The molecule has 1 aliphatic carbocycles. The molecule has 1 heterocycles. The van der Waals surface area contributed by atoms with Gasteiger partial charge >= 0.3 is 5.97 Å². The first-order valence-electron chi connectivity index (χ1n) is 14.9. The Hall–Kier alpha value is -3.54. The third kappa shape index (κ3) is 8.31. The number of nitrogens with zero attached hydrogens (tertiary/aromatic N) is 1. The molecule has 1 aromatic heterocycles. The summed E-state index contributed by atoms with van der Waals surface area (Å²) in [6.07, 6.45) is 1.44. The van der Waals surface area contributed by atoms with E-state index in [-0.39, 0.29) is 28.7 Å². The van der Waals surface area contributed by atoms with Crippen LogP contribution in [0.1, 0.15) is 65.0 Å². The maximum atomic E-state index is 13.4. The number of carbonyl (C=O) groups excluding carboxylic acids is 2. The Morgan fingerprint density at radius 1 is 1.00 bits per heavy atom. The average Bonchev–Trinajstić information content (AvgIpc) is 2.99. The van der Waals surface area contributed by atoms with Crippen LogP contribution in [0.25, 0.3) is 10.9 Å². The van der Waals surface area contributed by atoms with Gasteiger partial charge in [0.25, 0.3) is 0 Å². The molecule has 0 spiro atoms. The van der Waals surface area contributed by atoms with Gasteiger partial charge in [0.05, 0.1) is 23.1 Å². The van der Waals surface area contributed by atoms with Crippen molar-refractivity contribution >= 4 is 32.8 Å². The van der Waals surface area contributed by atoms with Crippen LogP contribution in [0.2, 0.25) is 0 Å². The molecule has 4 N–H and O–H groups in total. The summed E-state index contributed by atoms with van der Waals surface area (Å²) in [5, 5.41) is 3.78. The van der Waals surface area contributed by atoms with Crippen molar-refractivity contribution in [1.82, 2.24) is 15.0 Å². The summed E-state index contributed by atoms with van der Waals surface area (Å²) in [7, 11) is -3.77. The molecule has 0 radical (unpaired) electrons. The largest absolute Gasteiger partial charge is 0.478 e. The van der Waals surface area contributed by atoms with Gasteiger partial charge in [-0.1, -0.05) is 44.2 Å². The number of carbonyl (C=O) groups is 2. The first-order chi connectivity index (χ1) is 20.5. The van der Waals surface area contributed by atoms with Crippen LogP contribution in [-0.4, -0.2) is 50.1 Å². The summed E-state index contributed by atoms with van der Waals surface area (Å²) in [6.45, 7) is 7.81. The van der Waals surface area contributed by atoms with Crippen molar-refractivity contribution in [2.75, 3.05) is 6.61 Å². The van der Waals surface area contributed by atoms with Crippen LogP contribution in [0.3, 0.4) is 0 Å². The molecular formula is C32H42N4O6S. The molecule has 0 saturated heterocycles. The van der Waals surface area contributed by atoms with E-state index in [2.05, 4.69) is 15.0 Å². The molecule has 4 rings (SSSR count). The fourth-order valence-electron chi connectivity index (χ4n) is 5.25. The Kier molecular flexibility index (Phi) is 10.8. The van der Waals surface area contributed by atoms with E-state index >= 15 is 0 Å². The first-order valence-corrected chi connectivity index (χ1v) is 16.3. The molecule has 1 saturated carbocycles. The lowest BCUT2D eigenvalue weighted by Gasteiger charge is -2.31. The number of pyridine rings is 1. The predicted octanol–water partition coefficient (Wildman–Crippen LogP) is 4.24. The summed E-state index contributed by atoms with van der Waals surface area (Å²) >= 11 is 0. The number of nitrogens with one attached hydrogen (secondary N) is 2. The maximum absolute atomic E-state index is 13.4. The van der Waals surface area contributed by atoms with E-state index in [0.29, 0.717) is 49.1 Å². The van der Waals surface area contributed by atoms with E-state index in [0.717, 1.165) is 5.56 Å². The summed E-state index contributed by atoms with van der Waals surface area (Å²) in [4.78, 5) is 30.5. The minimum Gasteiger partial charge on any atom is -0.478 e. The molecule has 0 aliphatic heterocycles. The molecule has 1 aliphatic rings. The number of hydrogen-bond donors (Lipinski definition) is 3. The SMILES string of the molecule is CCOc1ccc2cc(S(=O)(=O)N[C@H]3CC[C@H](C(=O)N[C@@H](c4ccccc4)[C@H](C)OC(=O)[C@@H](N)C(C)C)CC3)ccc2n1. The van der Waals surface area contributed by atoms with Gasteiger partial charge in [-0.3, -0.25) is 9.59 Å².